The molecule has 0 N–H and O–H groups in total. The average molecular weight is 367 g/mol. The quantitative estimate of drug-likeness (QED) is 0.515. The molecule has 5 nitrogen and oxygen atoms in total. The molecular weight excluding hydrogens is 342 g/mol. The van der Waals surface area contributed by atoms with Crippen LogP contribution in [0, 0.1) is 0 Å². The molecule has 0 radical (unpaired) electrons. The predicted octanol–water partition coefficient (Wildman–Crippen LogP) is 4.33. The molecule has 0 aromatic heterocycles. The average Bonchev–Trinajstić information content (AvgIpc) is 2.68. The van der Waals surface area contributed by atoms with E-state index in [1.165, 1.54) is 12.2 Å². The van der Waals surface area contributed by atoms with E-state index in [2.05, 4.69) is 0 Å². The van der Waals surface area contributed by atoms with Crippen molar-refractivity contribution in [3.8, 4) is 0 Å². The number of amides is 1. The van der Waals surface area contributed by atoms with E-state index in [9.17, 15) is 9.59 Å². The number of hydrogen-bond acceptors (Lipinski definition) is 4. The first-order valence-corrected chi connectivity index (χ1v) is 8.97. The van der Waals surface area contributed by atoms with E-state index in [0.717, 1.165) is 11.1 Å². The minimum atomic E-state index is -0.545. The maximum absolute atomic E-state index is 12.7. The molecule has 2 rings (SSSR count). The Labute approximate surface area is 160 Å². The number of carbonyl (C=O) groups excluding carboxylic acids is 2. The Bertz CT molecular complexity index is 702. The summed E-state index contributed by atoms with van der Waals surface area (Å²) in [6.45, 7) is 4.61. The first-order valence-electron chi connectivity index (χ1n) is 8.97. The van der Waals surface area contributed by atoms with Gasteiger partial charge < -0.3 is 9.47 Å². The summed E-state index contributed by atoms with van der Waals surface area (Å²) in [7, 11) is 0. The highest BCUT2D eigenvalue weighted by atomic mass is 16.6. The Morgan fingerprint density at radius 1 is 0.963 bits per heavy atom. The van der Waals surface area contributed by atoms with Crippen LogP contribution < -0.4 is 0 Å². The summed E-state index contributed by atoms with van der Waals surface area (Å²) in [4.78, 5) is 25.7. The van der Waals surface area contributed by atoms with Crippen molar-refractivity contribution >= 4 is 12.1 Å². The number of rotatable bonds is 8. The standard InChI is InChI=1S/C22H25NO4/c1-3-26-21(24)15-14-18(2)27-22(25)23(16-19-10-6-4-7-11-19)17-20-12-8-5-9-13-20/h4-15,18H,3,16-17H2,1-2H3. The van der Waals surface area contributed by atoms with E-state index in [1.54, 1.807) is 18.7 Å². The SMILES string of the molecule is CCOC(=O)C=CC(C)OC(=O)N(Cc1ccccc1)Cc1ccccc1. The van der Waals surface area contributed by atoms with E-state index < -0.39 is 18.2 Å². The third kappa shape index (κ3) is 7.36. The van der Waals surface area contributed by atoms with E-state index in [4.69, 9.17) is 9.47 Å². The minimum Gasteiger partial charge on any atom is -0.463 e. The van der Waals surface area contributed by atoms with Gasteiger partial charge >= 0.3 is 12.1 Å². The van der Waals surface area contributed by atoms with Gasteiger partial charge in [0.25, 0.3) is 0 Å². The summed E-state index contributed by atoms with van der Waals surface area (Å²) in [5.74, 6) is -0.453. The zero-order valence-corrected chi connectivity index (χ0v) is 15.7. The Hall–Kier alpha value is -3.08. The lowest BCUT2D eigenvalue weighted by molar-refractivity contribution is -0.137. The number of nitrogens with zero attached hydrogens (tertiary/aromatic N) is 1. The Kier molecular flexibility index (Phi) is 8.10. The summed E-state index contributed by atoms with van der Waals surface area (Å²) in [5.41, 5.74) is 2.03. The molecule has 0 heterocycles. The third-order valence-electron chi connectivity index (χ3n) is 3.77. The second kappa shape index (κ2) is 10.8. The Balaban J connectivity index is 2.04. The highest BCUT2D eigenvalue weighted by Crippen LogP contribution is 2.12. The fraction of sp³-hybridized carbons (Fsp3) is 0.273. The van der Waals surface area contributed by atoms with Crippen LogP contribution >= 0.6 is 0 Å². The molecule has 0 saturated heterocycles. The Morgan fingerprint density at radius 3 is 1.96 bits per heavy atom. The van der Waals surface area contributed by atoms with Crippen LogP contribution in [0.15, 0.2) is 72.8 Å². The first kappa shape index (κ1) is 20.2. The molecule has 2 aromatic rings. The molecular formula is C22H25NO4. The lowest BCUT2D eigenvalue weighted by Crippen LogP contribution is -2.32. The summed E-state index contributed by atoms with van der Waals surface area (Å²) in [5, 5.41) is 0. The molecule has 1 unspecified atom stereocenters. The van der Waals surface area contributed by atoms with Gasteiger partial charge in [-0.3, -0.25) is 4.90 Å². The van der Waals surface area contributed by atoms with Gasteiger partial charge in [0.2, 0.25) is 0 Å². The van der Waals surface area contributed by atoms with Crippen molar-refractivity contribution < 1.29 is 19.1 Å². The van der Waals surface area contributed by atoms with Gasteiger partial charge in [0.1, 0.15) is 6.10 Å². The molecule has 1 amide bonds. The number of carbonyl (C=O) groups is 2. The van der Waals surface area contributed by atoms with Crippen molar-refractivity contribution in [3.05, 3.63) is 83.9 Å². The van der Waals surface area contributed by atoms with Crippen molar-refractivity contribution in [1.29, 1.82) is 0 Å². The normalized spacial score (nSPS) is 11.8. The van der Waals surface area contributed by atoms with Crippen LogP contribution in [0.3, 0.4) is 0 Å². The lowest BCUT2D eigenvalue weighted by atomic mass is 10.2. The molecule has 0 fully saturated rings. The van der Waals surface area contributed by atoms with Crippen molar-refractivity contribution in [2.45, 2.75) is 33.0 Å². The van der Waals surface area contributed by atoms with Gasteiger partial charge in [0.15, 0.2) is 0 Å². The van der Waals surface area contributed by atoms with Gasteiger partial charge in [-0.1, -0.05) is 60.7 Å². The summed E-state index contributed by atoms with van der Waals surface area (Å²) < 4.78 is 10.3. The molecule has 0 saturated carbocycles. The monoisotopic (exact) mass is 367 g/mol. The van der Waals surface area contributed by atoms with Crippen molar-refractivity contribution in [2.24, 2.45) is 0 Å². The maximum Gasteiger partial charge on any atom is 0.410 e. The highest BCUT2D eigenvalue weighted by Gasteiger charge is 2.18. The van der Waals surface area contributed by atoms with E-state index in [-0.39, 0.29) is 0 Å². The van der Waals surface area contributed by atoms with Gasteiger partial charge in [-0.15, -0.1) is 0 Å². The van der Waals surface area contributed by atoms with Crippen LogP contribution in [-0.4, -0.2) is 29.7 Å². The zero-order chi connectivity index (χ0) is 19.5. The van der Waals surface area contributed by atoms with Gasteiger partial charge in [-0.25, -0.2) is 9.59 Å². The van der Waals surface area contributed by atoms with Gasteiger partial charge in [0, 0.05) is 19.2 Å². The molecule has 0 bridgehead atoms. The predicted molar refractivity (Wildman–Crippen MR) is 104 cm³/mol. The molecule has 142 valence electrons. The minimum absolute atomic E-state index is 0.305. The highest BCUT2D eigenvalue weighted by molar-refractivity contribution is 5.82. The van der Waals surface area contributed by atoms with E-state index in [1.807, 2.05) is 60.7 Å². The number of benzene rings is 2. The van der Waals surface area contributed by atoms with Gasteiger partial charge in [-0.2, -0.15) is 0 Å². The summed E-state index contributed by atoms with van der Waals surface area (Å²) in [6, 6.07) is 19.5. The van der Waals surface area contributed by atoms with Crippen molar-refractivity contribution in [1.82, 2.24) is 4.90 Å². The maximum atomic E-state index is 12.7. The second-order valence-electron chi connectivity index (χ2n) is 6.03. The summed E-state index contributed by atoms with van der Waals surface area (Å²) >= 11 is 0. The molecule has 1 atom stereocenters. The smallest absolute Gasteiger partial charge is 0.410 e. The second-order valence-corrected chi connectivity index (χ2v) is 6.03. The van der Waals surface area contributed by atoms with Gasteiger partial charge in [-0.05, 0) is 31.1 Å². The number of ether oxygens (including phenoxy) is 2. The van der Waals surface area contributed by atoms with Crippen LogP contribution in [0.4, 0.5) is 4.79 Å². The fourth-order valence-corrected chi connectivity index (χ4v) is 2.47. The number of hydrogen-bond donors (Lipinski definition) is 0. The van der Waals surface area contributed by atoms with E-state index in [0.29, 0.717) is 19.7 Å². The molecule has 5 heteroatoms. The molecule has 2 aromatic carbocycles. The fourth-order valence-electron chi connectivity index (χ4n) is 2.47. The largest absolute Gasteiger partial charge is 0.463 e. The first-order chi connectivity index (χ1) is 13.1. The molecule has 0 aliphatic carbocycles. The van der Waals surface area contributed by atoms with Crippen LogP contribution in [0.1, 0.15) is 25.0 Å². The molecule has 27 heavy (non-hydrogen) atoms. The van der Waals surface area contributed by atoms with Crippen LogP contribution in [0.25, 0.3) is 0 Å². The van der Waals surface area contributed by atoms with Crippen LogP contribution in [0.5, 0.6) is 0 Å². The van der Waals surface area contributed by atoms with Crippen LogP contribution in [-0.2, 0) is 27.4 Å². The lowest BCUT2D eigenvalue weighted by Gasteiger charge is -2.24. The van der Waals surface area contributed by atoms with Crippen molar-refractivity contribution in [2.75, 3.05) is 6.61 Å². The van der Waals surface area contributed by atoms with Gasteiger partial charge in [0.05, 0.1) is 6.61 Å². The van der Waals surface area contributed by atoms with Crippen LogP contribution in [0.2, 0.25) is 0 Å². The zero-order valence-electron chi connectivity index (χ0n) is 15.7. The summed E-state index contributed by atoms with van der Waals surface area (Å²) in [6.07, 6.45) is 1.80. The topological polar surface area (TPSA) is 55.8 Å². The Morgan fingerprint density at radius 2 is 1.48 bits per heavy atom. The third-order valence-corrected chi connectivity index (χ3v) is 3.77. The number of esters is 1. The van der Waals surface area contributed by atoms with Crippen molar-refractivity contribution in [3.63, 3.8) is 0 Å². The van der Waals surface area contributed by atoms with E-state index >= 15 is 0 Å². The molecule has 0 spiro atoms. The molecule has 0 aliphatic heterocycles. The molecule has 0 aliphatic rings.